The third-order valence-electron chi connectivity index (χ3n) is 3.95. The molecular weight excluding hydrogens is 273 g/mol. The van der Waals surface area contributed by atoms with Crippen LogP contribution in [-0.4, -0.2) is 43.5 Å². The highest BCUT2D eigenvalue weighted by Crippen LogP contribution is 2.36. The van der Waals surface area contributed by atoms with Crippen LogP contribution < -0.4 is 10.2 Å². The van der Waals surface area contributed by atoms with E-state index in [2.05, 4.69) is 4.98 Å². The Balaban J connectivity index is 2.39. The Morgan fingerprint density at radius 1 is 1.14 bits per heavy atom. The molecular formula is C14H20BNO5. The van der Waals surface area contributed by atoms with Gasteiger partial charge in [-0.25, -0.2) is 9.78 Å². The van der Waals surface area contributed by atoms with Gasteiger partial charge in [0.2, 0.25) is 5.88 Å². The summed E-state index contributed by atoms with van der Waals surface area (Å²) >= 11 is 0. The van der Waals surface area contributed by atoms with Gasteiger partial charge in [0.05, 0.1) is 25.4 Å². The zero-order valence-electron chi connectivity index (χ0n) is 13.2. The van der Waals surface area contributed by atoms with Crippen molar-refractivity contribution in [2.75, 3.05) is 14.2 Å². The van der Waals surface area contributed by atoms with Crippen LogP contribution in [0.5, 0.6) is 5.88 Å². The molecule has 0 spiro atoms. The number of pyridine rings is 1. The molecule has 1 aromatic rings. The van der Waals surface area contributed by atoms with E-state index in [1.807, 2.05) is 27.7 Å². The van der Waals surface area contributed by atoms with Gasteiger partial charge in [0.15, 0.2) is 5.69 Å². The first-order valence-corrected chi connectivity index (χ1v) is 6.70. The number of carbonyl (C=O) groups is 1. The van der Waals surface area contributed by atoms with Gasteiger partial charge in [-0.1, -0.05) is 0 Å². The number of hydrogen-bond donors (Lipinski definition) is 0. The maximum atomic E-state index is 11.7. The largest absolute Gasteiger partial charge is 0.495 e. The van der Waals surface area contributed by atoms with Crippen LogP contribution in [0.1, 0.15) is 38.2 Å². The second-order valence-electron chi connectivity index (χ2n) is 5.91. The molecule has 2 heterocycles. The lowest BCUT2D eigenvalue weighted by Gasteiger charge is -2.32. The number of hydrogen-bond acceptors (Lipinski definition) is 6. The fourth-order valence-electron chi connectivity index (χ4n) is 1.95. The van der Waals surface area contributed by atoms with Gasteiger partial charge in [-0.2, -0.15) is 0 Å². The Kier molecular flexibility index (Phi) is 3.99. The molecule has 6 nitrogen and oxygen atoms in total. The predicted molar refractivity (Wildman–Crippen MR) is 77.8 cm³/mol. The fraction of sp³-hybridized carbons (Fsp3) is 0.571. The van der Waals surface area contributed by atoms with E-state index in [1.54, 1.807) is 12.1 Å². The second kappa shape index (κ2) is 5.31. The molecule has 0 bridgehead atoms. The summed E-state index contributed by atoms with van der Waals surface area (Å²) in [7, 11) is 2.20. The summed E-state index contributed by atoms with van der Waals surface area (Å²) in [5.74, 6) is -0.228. The van der Waals surface area contributed by atoms with E-state index >= 15 is 0 Å². The lowest BCUT2D eigenvalue weighted by molar-refractivity contribution is 0.00578. The van der Waals surface area contributed by atoms with Crippen LogP contribution in [-0.2, 0) is 14.0 Å². The van der Waals surface area contributed by atoms with Crippen LogP contribution in [0.4, 0.5) is 0 Å². The highest BCUT2D eigenvalue weighted by atomic mass is 16.7. The average Bonchev–Trinajstić information content (AvgIpc) is 2.66. The minimum Gasteiger partial charge on any atom is -0.481 e. The number of nitrogens with zero attached hydrogens (tertiary/aromatic N) is 1. The number of aromatic nitrogens is 1. The number of esters is 1. The first kappa shape index (κ1) is 15.8. The normalized spacial score (nSPS) is 19.4. The van der Waals surface area contributed by atoms with E-state index in [1.165, 1.54) is 14.2 Å². The lowest BCUT2D eigenvalue weighted by Crippen LogP contribution is -2.41. The van der Waals surface area contributed by atoms with Crippen LogP contribution in [0.15, 0.2) is 12.1 Å². The lowest BCUT2D eigenvalue weighted by atomic mass is 9.79. The maximum absolute atomic E-state index is 11.7. The SMILES string of the molecule is COC(=O)c1cc(B2OC(C)(C)C(C)(C)O2)cc(OC)n1. The smallest absolute Gasteiger partial charge is 0.481 e. The molecule has 0 aliphatic carbocycles. The van der Waals surface area contributed by atoms with Crippen LogP contribution in [0.2, 0.25) is 0 Å². The van der Waals surface area contributed by atoms with Gasteiger partial charge in [-0.05, 0) is 39.2 Å². The minimum absolute atomic E-state index is 0.154. The van der Waals surface area contributed by atoms with Crippen molar-refractivity contribution in [3.05, 3.63) is 17.8 Å². The third kappa shape index (κ3) is 2.89. The van der Waals surface area contributed by atoms with Gasteiger partial charge in [-0.3, -0.25) is 0 Å². The summed E-state index contributed by atoms with van der Waals surface area (Å²) < 4.78 is 21.7. The van der Waals surface area contributed by atoms with E-state index in [0.717, 1.165) is 0 Å². The Labute approximate surface area is 124 Å². The molecule has 0 atom stereocenters. The highest BCUT2D eigenvalue weighted by molar-refractivity contribution is 6.62. The monoisotopic (exact) mass is 293 g/mol. The molecule has 1 aliphatic rings. The molecule has 0 radical (unpaired) electrons. The summed E-state index contributed by atoms with van der Waals surface area (Å²) in [6, 6.07) is 3.28. The van der Waals surface area contributed by atoms with Crippen LogP contribution >= 0.6 is 0 Å². The summed E-state index contributed by atoms with van der Waals surface area (Å²) in [6.07, 6.45) is 0. The molecule has 0 aromatic carbocycles. The Bertz CT molecular complexity index is 542. The third-order valence-corrected chi connectivity index (χ3v) is 3.95. The second-order valence-corrected chi connectivity index (χ2v) is 5.91. The molecule has 0 unspecified atom stereocenters. The Hall–Kier alpha value is -1.60. The van der Waals surface area contributed by atoms with Gasteiger partial charge < -0.3 is 18.8 Å². The molecule has 1 aromatic heterocycles. The van der Waals surface area contributed by atoms with Crippen molar-refractivity contribution in [1.82, 2.24) is 4.98 Å². The molecule has 114 valence electrons. The van der Waals surface area contributed by atoms with E-state index in [0.29, 0.717) is 11.3 Å². The van der Waals surface area contributed by atoms with E-state index in [4.69, 9.17) is 18.8 Å². The fourth-order valence-corrected chi connectivity index (χ4v) is 1.95. The topological polar surface area (TPSA) is 66.9 Å². The molecule has 1 saturated heterocycles. The summed E-state index contributed by atoms with van der Waals surface area (Å²) in [5, 5.41) is 0. The van der Waals surface area contributed by atoms with E-state index < -0.39 is 24.3 Å². The van der Waals surface area contributed by atoms with Gasteiger partial charge >= 0.3 is 13.1 Å². The molecule has 1 aliphatic heterocycles. The maximum Gasteiger partial charge on any atom is 0.495 e. The number of methoxy groups -OCH3 is 2. The van der Waals surface area contributed by atoms with Crippen molar-refractivity contribution in [2.45, 2.75) is 38.9 Å². The minimum atomic E-state index is -0.588. The molecule has 0 amide bonds. The molecule has 1 fully saturated rings. The van der Waals surface area contributed by atoms with Crippen LogP contribution in [0.3, 0.4) is 0 Å². The van der Waals surface area contributed by atoms with Gasteiger partial charge in [0, 0.05) is 6.07 Å². The number of rotatable bonds is 3. The molecule has 7 heteroatoms. The predicted octanol–water partition coefficient (Wildman–Crippen LogP) is 1.18. The van der Waals surface area contributed by atoms with Crippen molar-refractivity contribution in [3.63, 3.8) is 0 Å². The highest BCUT2D eigenvalue weighted by Gasteiger charge is 2.52. The average molecular weight is 293 g/mol. The Morgan fingerprint density at radius 3 is 2.19 bits per heavy atom. The quantitative estimate of drug-likeness (QED) is 0.616. The van der Waals surface area contributed by atoms with Crippen molar-refractivity contribution in [3.8, 4) is 5.88 Å². The van der Waals surface area contributed by atoms with Crippen molar-refractivity contribution in [2.24, 2.45) is 0 Å². The van der Waals surface area contributed by atoms with E-state index in [9.17, 15) is 4.79 Å². The summed E-state index contributed by atoms with van der Waals surface area (Å²) in [4.78, 5) is 15.7. The first-order chi connectivity index (χ1) is 9.70. The molecule has 0 saturated carbocycles. The molecule has 21 heavy (non-hydrogen) atoms. The van der Waals surface area contributed by atoms with Gasteiger partial charge in [0.1, 0.15) is 0 Å². The van der Waals surface area contributed by atoms with Gasteiger partial charge in [-0.15, -0.1) is 0 Å². The van der Waals surface area contributed by atoms with Crippen molar-refractivity contribution < 1.29 is 23.6 Å². The first-order valence-electron chi connectivity index (χ1n) is 6.70. The number of carbonyl (C=O) groups excluding carboxylic acids is 1. The zero-order chi connectivity index (χ0) is 15.8. The Morgan fingerprint density at radius 2 is 1.71 bits per heavy atom. The van der Waals surface area contributed by atoms with Crippen molar-refractivity contribution >= 4 is 18.6 Å². The van der Waals surface area contributed by atoms with Crippen molar-refractivity contribution in [1.29, 1.82) is 0 Å². The van der Waals surface area contributed by atoms with Crippen LogP contribution in [0, 0.1) is 0 Å². The van der Waals surface area contributed by atoms with Gasteiger partial charge in [0.25, 0.3) is 0 Å². The van der Waals surface area contributed by atoms with Crippen LogP contribution in [0.25, 0.3) is 0 Å². The summed E-state index contributed by atoms with van der Waals surface area (Å²) in [5.41, 5.74) is -0.0957. The van der Waals surface area contributed by atoms with E-state index in [-0.39, 0.29) is 5.69 Å². The molecule has 0 N–H and O–H groups in total. The number of ether oxygens (including phenoxy) is 2. The standard InChI is InChI=1S/C14H20BNO5/c1-13(2)14(3,4)21-15(20-13)9-7-10(12(17)19-6)16-11(8-9)18-5/h7-8H,1-6H3. The molecule has 2 rings (SSSR count). The zero-order valence-corrected chi connectivity index (χ0v) is 13.2. The summed E-state index contributed by atoms with van der Waals surface area (Å²) in [6.45, 7) is 7.86.